The minimum Gasteiger partial charge on any atom is -0.338 e. The van der Waals surface area contributed by atoms with Crippen LogP contribution < -0.4 is 0 Å². The molecule has 1 fully saturated rings. The van der Waals surface area contributed by atoms with Crippen molar-refractivity contribution >= 4 is 5.91 Å². The van der Waals surface area contributed by atoms with Gasteiger partial charge in [-0.15, -0.1) is 0 Å². The highest BCUT2D eigenvalue weighted by molar-refractivity contribution is 5.73. The third-order valence-corrected chi connectivity index (χ3v) is 2.24. The molecule has 1 atom stereocenters. The summed E-state index contributed by atoms with van der Waals surface area (Å²) in [7, 11) is 2.09. The molecule has 0 unspecified atom stereocenters. The normalized spacial score (nSPS) is 27.2. The standard InChI is InChI=1S/C8H16N2O/c1-7-6-9(3)4-5-10(7)8(2)11/h7H,4-6H2,1-3H3/t7-/m0/s1. The Kier molecular flexibility index (Phi) is 2.49. The summed E-state index contributed by atoms with van der Waals surface area (Å²) in [6.07, 6.45) is 0. The summed E-state index contributed by atoms with van der Waals surface area (Å²) in [5.41, 5.74) is 0. The fraction of sp³-hybridized carbons (Fsp3) is 0.875. The van der Waals surface area contributed by atoms with E-state index < -0.39 is 0 Å². The van der Waals surface area contributed by atoms with Crippen LogP contribution in [0.25, 0.3) is 0 Å². The zero-order valence-corrected chi connectivity index (χ0v) is 7.50. The zero-order chi connectivity index (χ0) is 8.43. The summed E-state index contributed by atoms with van der Waals surface area (Å²) in [4.78, 5) is 15.2. The van der Waals surface area contributed by atoms with Crippen LogP contribution in [0.15, 0.2) is 0 Å². The summed E-state index contributed by atoms with van der Waals surface area (Å²) in [6.45, 7) is 6.62. The van der Waals surface area contributed by atoms with Crippen LogP contribution in [0.5, 0.6) is 0 Å². The number of carbonyl (C=O) groups is 1. The van der Waals surface area contributed by atoms with E-state index in [4.69, 9.17) is 0 Å². The van der Waals surface area contributed by atoms with Crippen LogP contribution >= 0.6 is 0 Å². The predicted octanol–water partition coefficient (Wildman–Crippen LogP) is 0.169. The average molecular weight is 156 g/mol. The van der Waals surface area contributed by atoms with Crippen molar-refractivity contribution in [3.63, 3.8) is 0 Å². The van der Waals surface area contributed by atoms with Crippen molar-refractivity contribution in [1.82, 2.24) is 9.80 Å². The number of hydrogen-bond donors (Lipinski definition) is 0. The van der Waals surface area contributed by atoms with Crippen molar-refractivity contribution in [2.75, 3.05) is 26.7 Å². The number of likely N-dealkylation sites (N-methyl/N-ethyl adjacent to an activating group) is 1. The van der Waals surface area contributed by atoms with Gasteiger partial charge in [0.25, 0.3) is 0 Å². The second-order valence-electron chi connectivity index (χ2n) is 3.32. The highest BCUT2D eigenvalue weighted by Crippen LogP contribution is 2.06. The summed E-state index contributed by atoms with van der Waals surface area (Å²) in [6, 6.07) is 0.381. The van der Waals surface area contributed by atoms with Gasteiger partial charge in [0.05, 0.1) is 0 Å². The van der Waals surface area contributed by atoms with Crippen LogP contribution in [-0.2, 0) is 4.79 Å². The van der Waals surface area contributed by atoms with E-state index in [2.05, 4.69) is 18.9 Å². The van der Waals surface area contributed by atoms with Gasteiger partial charge < -0.3 is 9.80 Å². The molecule has 64 valence electrons. The Bertz CT molecular complexity index is 158. The van der Waals surface area contributed by atoms with E-state index in [-0.39, 0.29) is 5.91 Å². The lowest BCUT2D eigenvalue weighted by atomic mass is 10.2. The highest BCUT2D eigenvalue weighted by Gasteiger charge is 2.22. The van der Waals surface area contributed by atoms with Crippen LogP contribution in [0.4, 0.5) is 0 Å². The van der Waals surface area contributed by atoms with Gasteiger partial charge in [0.15, 0.2) is 0 Å². The minimum absolute atomic E-state index is 0.200. The van der Waals surface area contributed by atoms with Gasteiger partial charge in [-0.1, -0.05) is 0 Å². The molecule has 11 heavy (non-hydrogen) atoms. The second-order valence-corrected chi connectivity index (χ2v) is 3.32. The molecule has 1 heterocycles. The third-order valence-electron chi connectivity index (χ3n) is 2.24. The van der Waals surface area contributed by atoms with Gasteiger partial charge in [-0.3, -0.25) is 4.79 Å². The van der Waals surface area contributed by atoms with Crippen molar-refractivity contribution < 1.29 is 4.79 Å². The van der Waals surface area contributed by atoms with Crippen molar-refractivity contribution in [2.24, 2.45) is 0 Å². The van der Waals surface area contributed by atoms with Gasteiger partial charge in [-0.05, 0) is 14.0 Å². The Morgan fingerprint density at radius 1 is 1.45 bits per heavy atom. The summed E-state index contributed by atoms with van der Waals surface area (Å²) in [5.74, 6) is 0.200. The quantitative estimate of drug-likeness (QED) is 0.499. The largest absolute Gasteiger partial charge is 0.338 e. The van der Waals surface area contributed by atoms with Crippen molar-refractivity contribution in [3.05, 3.63) is 0 Å². The Morgan fingerprint density at radius 3 is 2.55 bits per heavy atom. The Hall–Kier alpha value is -0.570. The minimum atomic E-state index is 0.200. The predicted molar refractivity (Wildman–Crippen MR) is 44.3 cm³/mol. The first-order valence-electron chi connectivity index (χ1n) is 4.07. The summed E-state index contributed by atoms with van der Waals surface area (Å²) < 4.78 is 0. The van der Waals surface area contributed by atoms with Crippen LogP contribution in [0, 0.1) is 0 Å². The monoisotopic (exact) mass is 156 g/mol. The Balaban J connectivity index is 2.50. The molecule has 1 saturated heterocycles. The zero-order valence-electron chi connectivity index (χ0n) is 7.50. The third kappa shape index (κ3) is 1.93. The van der Waals surface area contributed by atoms with E-state index in [0.717, 1.165) is 19.6 Å². The number of nitrogens with zero attached hydrogens (tertiary/aromatic N) is 2. The maximum atomic E-state index is 11.0. The molecule has 0 N–H and O–H groups in total. The van der Waals surface area contributed by atoms with E-state index in [9.17, 15) is 4.79 Å². The first-order valence-corrected chi connectivity index (χ1v) is 4.07. The Labute approximate surface area is 68.0 Å². The number of rotatable bonds is 0. The van der Waals surface area contributed by atoms with Crippen molar-refractivity contribution in [1.29, 1.82) is 0 Å². The first-order chi connectivity index (χ1) is 5.11. The van der Waals surface area contributed by atoms with Gasteiger partial charge in [0.2, 0.25) is 5.91 Å². The van der Waals surface area contributed by atoms with Crippen LogP contribution in [-0.4, -0.2) is 48.4 Å². The molecule has 0 bridgehead atoms. The SMILES string of the molecule is CC(=O)N1CCN(C)C[C@@H]1C. The average Bonchev–Trinajstić information content (AvgIpc) is 1.85. The molecule has 1 aliphatic rings. The topological polar surface area (TPSA) is 23.6 Å². The number of hydrogen-bond acceptors (Lipinski definition) is 2. The first kappa shape index (κ1) is 8.53. The molecule has 0 aliphatic carbocycles. The molecule has 1 rings (SSSR count). The lowest BCUT2D eigenvalue weighted by Gasteiger charge is -2.37. The molecular formula is C8H16N2O. The summed E-state index contributed by atoms with van der Waals surface area (Å²) in [5, 5.41) is 0. The number of amides is 1. The molecule has 3 heteroatoms. The van der Waals surface area contributed by atoms with Gasteiger partial charge >= 0.3 is 0 Å². The van der Waals surface area contributed by atoms with Gasteiger partial charge in [0, 0.05) is 32.6 Å². The second kappa shape index (κ2) is 3.22. The number of piperazine rings is 1. The van der Waals surface area contributed by atoms with Gasteiger partial charge in [-0.25, -0.2) is 0 Å². The highest BCUT2D eigenvalue weighted by atomic mass is 16.2. The molecule has 0 saturated carbocycles. The fourth-order valence-electron chi connectivity index (χ4n) is 1.61. The Morgan fingerprint density at radius 2 is 2.09 bits per heavy atom. The van der Waals surface area contributed by atoms with Crippen LogP contribution in [0.3, 0.4) is 0 Å². The van der Waals surface area contributed by atoms with Gasteiger partial charge in [0.1, 0.15) is 0 Å². The molecule has 0 radical (unpaired) electrons. The molecule has 0 spiro atoms. The maximum absolute atomic E-state index is 11.0. The van der Waals surface area contributed by atoms with Crippen LogP contribution in [0.2, 0.25) is 0 Å². The van der Waals surface area contributed by atoms with Crippen molar-refractivity contribution in [2.45, 2.75) is 19.9 Å². The van der Waals surface area contributed by atoms with E-state index in [1.165, 1.54) is 0 Å². The van der Waals surface area contributed by atoms with Gasteiger partial charge in [-0.2, -0.15) is 0 Å². The van der Waals surface area contributed by atoms with Crippen molar-refractivity contribution in [3.8, 4) is 0 Å². The number of carbonyl (C=O) groups excluding carboxylic acids is 1. The van der Waals surface area contributed by atoms with E-state index in [1.54, 1.807) is 6.92 Å². The molecule has 1 aliphatic heterocycles. The molecular weight excluding hydrogens is 140 g/mol. The van der Waals surface area contributed by atoms with E-state index in [0.29, 0.717) is 6.04 Å². The van der Waals surface area contributed by atoms with E-state index >= 15 is 0 Å². The lowest BCUT2D eigenvalue weighted by molar-refractivity contribution is -0.132. The van der Waals surface area contributed by atoms with Crippen LogP contribution in [0.1, 0.15) is 13.8 Å². The molecule has 0 aromatic rings. The maximum Gasteiger partial charge on any atom is 0.219 e. The molecule has 3 nitrogen and oxygen atoms in total. The lowest BCUT2D eigenvalue weighted by Crippen LogP contribution is -2.52. The molecule has 0 aromatic carbocycles. The molecule has 0 aromatic heterocycles. The smallest absolute Gasteiger partial charge is 0.219 e. The van der Waals surface area contributed by atoms with E-state index in [1.807, 2.05) is 4.90 Å². The fourth-order valence-corrected chi connectivity index (χ4v) is 1.61. The molecule has 1 amide bonds. The summed E-state index contributed by atoms with van der Waals surface area (Å²) >= 11 is 0.